The van der Waals surface area contributed by atoms with Crippen LogP contribution in [0, 0.1) is 0 Å². The summed E-state index contributed by atoms with van der Waals surface area (Å²) in [6.45, 7) is 4.93. The molecule has 0 aliphatic rings. The lowest BCUT2D eigenvalue weighted by atomic mass is 10.0. The lowest BCUT2D eigenvalue weighted by Crippen LogP contribution is -2.32. The second kappa shape index (κ2) is 8.87. The Morgan fingerprint density at radius 3 is 2.75 bits per heavy atom. The lowest BCUT2D eigenvalue weighted by Gasteiger charge is -2.12. The first-order chi connectivity index (χ1) is 9.62. The molecule has 1 heterocycles. The predicted octanol–water partition coefficient (Wildman–Crippen LogP) is 2.11. The molecule has 0 radical (unpaired) electrons. The number of hydrogen-bond acceptors (Lipinski definition) is 4. The minimum atomic E-state index is -0.413. The molecule has 2 N–H and O–H groups in total. The normalized spacial score (nSPS) is 12.8. The van der Waals surface area contributed by atoms with Gasteiger partial charge >= 0.3 is 0 Å². The molecule has 114 valence electrons. The lowest BCUT2D eigenvalue weighted by molar-refractivity contribution is -0.119. The Kier molecular flexibility index (Phi) is 7.47. The second-order valence-corrected chi connectivity index (χ2v) is 5.14. The smallest absolute Gasteiger partial charge is 0.155 e. The number of carbonyl (C=O) groups excluding carboxylic acids is 1. The Morgan fingerprint density at radius 1 is 1.45 bits per heavy atom. The maximum absolute atomic E-state index is 12.0. The van der Waals surface area contributed by atoms with E-state index >= 15 is 0 Å². The molecule has 1 atom stereocenters. The van der Waals surface area contributed by atoms with Gasteiger partial charge in [-0.05, 0) is 31.7 Å². The van der Waals surface area contributed by atoms with Crippen molar-refractivity contribution in [2.24, 2.45) is 5.73 Å². The van der Waals surface area contributed by atoms with E-state index in [2.05, 4.69) is 18.9 Å². The average molecular weight is 281 g/mol. The second-order valence-electron chi connectivity index (χ2n) is 5.14. The molecule has 5 heteroatoms. The summed E-state index contributed by atoms with van der Waals surface area (Å²) in [6.07, 6.45) is 5.84. The molecule has 0 aromatic carbocycles. The zero-order chi connectivity index (χ0) is 15.0. The van der Waals surface area contributed by atoms with Gasteiger partial charge in [0.2, 0.25) is 0 Å². The highest BCUT2D eigenvalue weighted by Gasteiger charge is 2.16. The van der Waals surface area contributed by atoms with Crippen molar-refractivity contribution in [3.8, 4) is 0 Å². The highest BCUT2D eigenvalue weighted by molar-refractivity contribution is 5.85. The maximum atomic E-state index is 12.0. The summed E-state index contributed by atoms with van der Waals surface area (Å²) >= 11 is 0. The first-order valence-electron chi connectivity index (χ1n) is 7.43. The van der Waals surface area contributed by atoms with Gasteiger partial charge in [-0.2, -0.15) is 5.10 Å². The highest BCUT2D eigenvalue weighted by Crippen LogP contribution is 2.15. The van der Waals surface area contributed by atoms with Gasteiger partial charge < -0.3 is 10.5 Å². The van der Waals surface area contributed by atoms with Gasteiger partial charge in [0.05, 0.1) is 24.2 Å². The molecular formula is C15H27N3O2. The molecule has 1 aromatic heterocycles. The first kappa shape index (κ1) is 16.9. The first-order valence-corrected chi connectivity index (χ1v) is 7.43. The highest BCUT2D eigenvalue weighted by atomic mass is 16.5. The van der Waals surface area contributed by atoms with E-state index in [1.165, 1.54) is 0 Å². The van der Waals surface area contributed by atoms with Gasteiger partial charge in [0.1, 0.15) is 0 Å². The van der Waals surface area contributed by atoms with Crippen molar-refractivity contribution in [1.82, 2.24) is 9.78 Å². The van der Waals surface area contributed by atoms with Crippen molar-refractivity contribution in [1.29, 1.82) is 0 Å². The number of hydrogen-bond donors (Lipinski definition) is 1. The largest absolute Gasteiger partial charge is 0.385 e. The number of ketones is 1. The monoisotopic (exact) mass is 281 g/mol. The third-order valence-electron chi connectivity index (χ3n) is 3.61. The summed E-state index contributed by atoms with van der Waals surface area (Å²) in [5.41, 5.74) is 6.69. The fraction of sp³-hybridized carbons (Fsp3) is 0.733. The third kappa shape index (κ3) is 5.06. The summed E-state index contributed by atoms with van der Waals surface area (Å²) in [6, 6.07) is 1.91. The number of carbonyl (C=O) groups is 1. The Balaban J connectivity index is 2.49. The number of Topliss-reactive ketones (excluding diaryl/α,β-unsaturated/α-hetero) is 1. The Labute approximate surface area is 121 Å². The van der Waals surface area contributed by atoms with Crippen LogP contribution in [-0.2, 0) is 16.0 Å². The molecule has 1 unspecified atom stereocenters. The minimum absolute atomic E-state index is 0.0518. The van der Waals surface area contributed by atoms with Gasteiger partial charge in [0, 0.05) is 19.9 Å². The van der Waals surface area contributed by atoms with Crippen molar-refractivity contribution < 1.29 is 9.53 Å². The Bertz CT molecular complexity index is 400. The molecule has 0 aliphatic heterocycles. The number of aromatic nitrogens is 2. The van der Waals surface area contributed by atoms with Crippen molar-refractivity contribution in [2.75, 3.05) is 13.7 Å². The fourth-order valence-electron chi connectivity index (χ4n) is 2.26. The molecule has 0 spiro atoms. The van der Waals surface area contributed by atoms with Crippen molar-refractivity contribution in [3.63, 3.8) is 0 Å². The van der Waals surface area contributed by atoms with Gasteiger partial charge in [-0.15, -0.1) is 0 Å². The van der Waals surface area contributed by atoms with Crippen LogP contribution in [0.2, 0.25) is 0 Å². The van der Waals surface area contributed by atoms with E-state index in [0.717, 1.165) is 25.0 Å². The summed E-state index contributed by atoms with van der Waals surface area (Å²) in [5, 5.41) is 4.49. The molecule has 0 bridgehead atoms. The molecule has 1 rings (SSSR count). The topological polar surface area (TPSA) is 70.1 Å². The molecule has 1 aromatic rings. The van der Waals surface area contributed by atoms with Gasteiger partial charge in [-0.25, -0.2) is 0 Å². The molecule has 20 heavy (non-hydrogen) atoms. The zero-order valence-corrected chi connectivity index (χ0v) is 12.8. The third-order valence-corrected chi connectivity index (χ3v) is 3.61. The van der Waals surface area contributed by atoms with E-state index < -0.39 is 6.04 Å². The van der Waals surface area contributed by atoms with Crippen LogP contribution in [0.4, 0.5) is 0 Å². The van der Waals surface area contributed by atoms with Crippen LogP contribution in [0.5, 0.6) is 0 Å². The van der Waals surface area contributed by atoms with Crippen LogP contribution in [0.15, 0.2) is 12.3 Å². The van der Waals surface area contributed by atoms with Crippen LogP contribution in [0.25, 0.3) is 0 Å². The maximum Gasteiger partial charge on any atom is 0.155 e. The van der Waals surface area contributed by atoms with E-state index in [-0.39, 0.29) is 5.78 Å². The average Bonchev–Trinajstić information content (AvgIpc) is 2.88. The van der Waals surface area contributed by atoms with E-state index in [1.807, 2.05) is 16.9 Å². The zero-order valence-electron chi connectivity index (χ0n) is 12.8. The van der Waals surface area contributed by atoms with Crippen LogP contribution < -0.4 is 5.73 Å². The van der Waals surface area contributed by atoms with E-state index in [1.54, 1.807) is 7.11 Å². The van der Waals surface area contributed by atoms with E-state index in [4.69, 9.17) is 10.5 Å². The van der Waals surface area contributed by atoms with Gasteiger partial charge in [-0.1, -0.05) is 13.8 Å². The molecule has 0 fully saturated rings. The van der Waals surface area contributed by atoms with Gasteiger partial charge in [0.25, 0.3) is 0 Å². The molecule has 0 saturated carbocycles. The van der Waals surface area contributed by atoms with Crippen molar-refractivity contribution >= 4 is 5.78 Å². The Morgan fingerprint density at radius 2 is 2.15 bits per heavy atom. The number of ether oxygens (including phenoxy) is 1. The minimum Gasteiger partial charge on any atom is -0.385 e. The van der Waals surface area contributed by atoms with Gasteiger partial charge in [-0.3, -0.25) is 9.48 Å². The summed E-state index contributed by atoms with van der Waals surface area (Å²) < 4.78 is 6.92. The quantitative estimate of drug-likeness (QED) is 0.667. The van der Waals surface area contributed by atoms with Gasteiger partial charge in [0.15, 0.2) is 5.78 Å². The molecular weight excluding hydrogens is 254 g/mol. The molecule has 0 aliphatic carbocycles. The summed E-state index contributed by atoms with van der Waals surface area (Å²) in [4.78, 5) is 12.0. The summed E-state index contributed by atoms with van der Waals surface area (Å²) in [7, 11) is 1.65. The summed E-state index contributed by atoms with van der Waals surface area (Å²) in [5.74, 6) is 0.0518. The SMILES string of the molecule is CCC(CC)n1ccc(CC(=O)C(N)CCCOC)n1. The number of nitrogens with zero attached hydrogens (tertiary/aromatic N) is 2. The van der Waals surface area contributed by atoms with Crippen LogP contribution in [0.3, 0.4) is 0 Å². The molecule has 5 nitrogen and oxygen atoms in total. The molecule has 0 amide bonds. The number of nitrogens with two attached hydrogens (primary N) is 1. The number of methoxy groups -OCH3 is 1. The number of rotatable bonds is 10. The Hall–Kier alpha value is -1.20. The van der Waals surface area contributed by atoms with E-state index in [9.17, 15) is 4.79 Å². The van der Waals surface area contributed by atoms with Crippen LogP contribution in [-0.4, -0.2) is 35.3 Å². The van der Waals surface area contributed by atoms with Crippen molar-refractivity contribution in [3.05, 3.63) is 18.0 Å². The van der Waals surface area contributed by atoms with E-state index in [0.29, 0.717) is 25.5 Å². The van der Waals surface area contributed by atoms with Crippen LogP contribution in [0.1, 0.15) is 51.3 Å². The fourth-order valence-corrected chi connectivity index (χ4v) is 2.26. The predicted molar refractivity (Wildman–Crippen MR) is 79.6 cm³/mol. The van der Waals surface area contributed by atoms with Crippen molar-refractivity contribution in [2.45, 2.75) is 58.0 Å². The standard InChI is InChI=1S/C15H27N3O2/c1-4-13(5-2)18-9-8-12(17-18)11-15(19)14(16)7-6-10-20-3/h8-9,13-14H,4-7,10-11,16H2,1-3H3. The van der Waals surface area contributed by atoms with Crippen LogP contribution >= 0.6 is 0 Å². The molecule has 0 saturated heterocycles.